The third kappa shape index (κ3) is 8.49. The zero-order valence-corrected chi connectivity index (χ0v) is 15.7. The van der Waals surface area contributed by atoms with E-state index in [9.17, 15) is 4.79 Å². The molecule has 1 aromatic rings. The van der Waals surface area contributed by atoms with Gasteiger partial charge in [0.2, 0.25) is 5.89 Å². The molecule has 1 rings (SSSR count). The Labute approximate surface area is 149 Å². The van der Waals surface area contributed by atoms with Crippen LogP contribution in [-0.2, 0) is 11.2 Å². The molecule has 0 aromatic carbocycles. The number of amides is 1. The number of aromatic nitrogens is 2. The third-order valence-corrected chi connectivity index (χ3v) is 3.41. The monoisotopic (exact) mass is 350 g/mol. The maximum atomic E-state index is 11.5. The van der Waals surface area contributed by atoms with Gasteiger partial charge in [0.15, 0.2) is 5.82 Å². The van der Waals surface area contributed by atoms with Crippen molar-refractivity contribution in [2.45, 2.75) is 65.0 Å². The molecule has 3 N–H and O–H groups in total. The van der Waals surface area contributed by atoms with Crippen molar-refractivity contribution in [2.75, 3.05) is 6.54 Å². The van der Waals surface area contributed by atoms with Crippen molar-refractivity contribution in [3.05, 3.63) is 36.0 Å². The van der Waals surface area contributed by atoms with Gasteiger partial charge in [0.05, 0.1) is 6.04 Å². The number of nitrogens with two attached hydrogens (primary N) is 1. The van der Waals surface area contributed by atoms with Gasteiger partial charge in [-0.1, -0.05) is 23.9 Å². The number of alkyl carbamates (subject to hydrolysis) is 1. The minimum absolute atomic E-state index is 0.305. The lowest BCUT2D eigenvalue weighted by Gasteiger charge is -2.19. The van der Waals surface area contributed by atoms with Crippen molar-refractivity contribution in [1.29, 1.82) is 0 Å². The van der Waals surface area contributed by atoms with Gasteiger partial charge < -0.3 is 20.3 Å². The first kappa shape index (κ1) is 20.9. The number of nitrogens with one attached hydrogen (secondary N) is 1. The molecule has 0 aliphatic carbocycles. The molecule has 1 atom stereocenters. The number of allylic oxidation sites excluding steroid dienone is 3. The van der Waals surface area contributed by atoms with Gasteiger partial charge in [0.25, 0.3) is 0 Å². The molecule has 1 amide bonds. The summed E-state index contributed by atoms with van der Waals surface area (Å²) >= 11 is 0. The molecule has 1 unspecified atom stereocenters. The number of ether oxygens (including phenoxy) is 1. The SMILES string of the molecule is C=C/C(=C\C)Cc1noc(C(N)CCCCNC(=O)OC(C)(C)C)n1. The van der Waals surface area contributed by atoms with Crippen LogP contribution in [0.2, 0.25) is 0 Å². The highest BCUT2D eigenvalue weighted by molar-refractivity contribution is 5.67. The molecule has 140 valence electrons. The Kier molecular flexibility index (Phi) is 8.34. The first-order valence-electron chi connectivity index (χ1n) is 8.57. The van der Waals surface area contributed by atoms with Crippen LogP contribution in [-0.4, -0.2) is 28.4 Å². The molecule has 0 spiro atoms. The summed E-state index contributed by atoms with van der Waals surface area (Å²) in [7, 11) is 0. The van der Waals surface area contributed by atoms with Gasteiger partial charge >= 0.3 is 6.09 Å². The van der Waals surface area contributed by atoms with Crippen LogP contribution in [0, 0.1) is 0 Å². The molecule has 25 heavy (non-hydrogen) atoms. The smallest absolute Gasteiger partial charge is 0.407 e. The van der Waals surface area contributed by atoms with Crippen molar-refractivity contribution in [2.24, 2.45) is 5.73 Å². The molecule has 1 heterocycles. The molecule has 0 aliphatic heterocycles. The Bertz CT molecular complexity index is 587. The molecule has 0 radical (unpaired) electrons. The number of unbranched alkanes of at least 4 members (excludes halogenated alkanes) is 1. The molecule has 0 saturated heterocycles. The third-order valence-electron chi connectivity index (χ3n) is 3.41. The van der Waals surface area contributed by atoms with E-state index >= 15 is 0 Å². The Hall–Kier alpha value is -2.15. The second kappa shape index (κ2) is 9.98. The highest BCUT2D eigenvalue weighted by Crippen LogP contribution is 2.16. The fourth-order valence-electron chi connectivity index (χ4n) is 2.08. The summed E-state index contributed by atoms with van der Waals surface area (Å²) in [5.74, 6) is 1.04. The number of carbonyl (C=O) groups is 1. The van der Waals surface area contributed by atoms with Crippen LogP contribution in [0.4, 0.5) is 4.79 Å². The Morgan fingerprint density at radius 1 is 1.44 bits per heavy atom. The van der Waals surface area contributed by atoms with E-state index in [4.69, 9.17) is 15.0 Å². The number of hydrogen-bond acceptors (Lipinski definition) is 6. The maximum absolute atomic E-state index is 11.5. The molecular weight excluding hydrogens is 320 g/mol. The van der Waals surface area contributed by atoms with Gasteiger partial charge in [-0.2, -0.15) is 4.98 Å². The summed E-state index contributed by atoms with van der Waals surface area (Å²) in [4.78, 5) is 15.8. The first-order chi connectivity index (χ1) is 11.7. The summed E-state index contributed by atoms with van der Waals surface area (Å²) in [5.41, 5.74) is 6.64. The largest absolute Gasteiger partial charge is 0.444 e. The highest BCUT2D eigenvalue weighted by atomic mass is 16.6. The average molecular weight is 350 g/mol. The van der Waals surface area contributed by atoms with Crippen molar-refractivity contribution < 1.29 is 14.1 Å². The summed E-state index contributed by atoms with van der Waals surface area (Å²) in [6.45, 7) is 11.7. The molecule has 0 fully saturated rings. The molecular formula is C18H30N4O3. The van der Waals surface area contributed by atoms with Crippen LogP contribution in [0.5, 0.6) is 0 Å². The predicted octanol–water partition coefficient (Wildman–Crippen LogP) is 3.44. The molecule has 0 aliphatic rings. The van der Waals surface area contributed by atoms with Gasteiger partial charge in [-0.05, 0) is 52.5 Å². The van der Waals surface area contributed by atoms with Crippen molar-refractivity contribution in [1.82, 2.24) is 15.5 Å². The second-order valence-corrected chi connectivity index (χ2v) is 6.82. The zero-order chi connectivity index (χ0) is 18.9. The van der Waals surface area contributed by atoms with Gasteiger partial charge in [0, 0.05) is 13.0 Å². The van der Waals surface area contributed by atoms with Crippen LogP contribution in [0.25, 0.3) is 0 Å². The van der Waals surface area contributed by atoms with Crippen LogP contribution in [0.1, 0.15) is 64.7 Å². The lowest BCUT2D eigenvalue weighted by molar-refractivity contribution is 0.0527. The number of nitrogens with zero attached hydrogens (tertiary/aromatic N) is 2. The molecule has 0 saturated carbocycles. The summed E-state index contributed by atoms with van der Waals surface area (Å²) in [6.07, 6.45) is 6.24. The van der Waals surface area contributed by atoms with Crippen LogP contribution in [0.15, 0.2) is 28.8 Å². The number of rotatable bonds is 9. The van der Waals surface area contributed by atoms with E-state index in [1.807, 2.05) is 33.8 Å². The normalized spacial score (nSPS) is 13.4. The fraction of sp³-hybridized carbons (Fsp3) is 0.611. The van der Waals surface area contributed by atoms with Crippen LogP contribution >= 0.6 is 0 Å². The van der Waals surface area contributed by atoms with Gasteiger partial charge in [-0.25, -0.2) is 4.79 Å². The lowest BCUT2D eigenvalue weighted by Crippen LogP contribution is -2.33. The Balaban J connectivity index is 2.29. The predicted molar refractivity (Wildman–Crippen MR) is 97.0 cm³/mol. The van der Waals surface area contributed by atoms with Gasteiger partial charge in [-0.3, -0.25) is 0 Å². The fourth-order valence-corrected chi connectivity index (χ4v) is 2.08. The average Bonchev–Trinajstić information content (AvgIpc) is 2.99. The summed E-state index contributed by atoms with van der Waals surface area (Å²) in [6, 6.07) is -0.305. The van der Waals surface area contributed by atoms with Gasteiger partial charge in [-0.15, -0.1) is 0 Å². The first-order valence-corrected chi connectivity index (χ1v) is 8.57. The minimum atomic E-state index is -0.486. The maximum Gasteiger partial charge on any atom is 0.407 e. The Morgan fingerprint density at radius 3 is 2.76 bits per heavy atom. The summed E-state index contributed by atoms with van der Waals surface area (Å²) < 4.78 is 10.4. The lowest BCUT2D eigenvalue weighted by atomic mass is 10.1. The number of hydrogen-bond donors (Lipinski definition) is 2. The molecule has 7 nitrogen and oxygen atoms in total. The quantitative estimate of drug-likeness (QED) is 0.522. The minimum Gasteiger partial charge on any atom is -0.444 e. The molecule has 0 bridgehead atoms. The number of carbonyl (C=O) groups excluding carboxylic acids is 1. The van der Waals surface area contributed by atoms with E-state index in [1.165, 1.54) is 0 Å². The van der Waals surface area contributed by atoms with E-state index in [1.54, 1.807) is 6.08 Å². The molecule has 7 heteroatoms. The van der Waals surface area contributed by atoms with Crippen molar-refractivity contribution >= 4 is 6.09 Å². The highest BCUT2D eigenvalue weighted by Gasteiger charge is 2.16. The second-order valence-electron chi connectivity index (χ2n) is 6.82. The van der Waals surface area contributed by atoms with Crippen LogP contribution in [0.3, 0.4) is 0 Å². The van der Waals surface area contributed by atoms with Crippen molar-refractivity contribution in [3.63, 3.8) is 0 Å². The van der Waals surface area contributed by atoms with E-state index in [2.05, 4.69) is 22.0 Å². The van der Waals surface area contributed by atoms with E-state index in [0.717, 1.165) is 18.4 Å². The van der Waals surface area contributed by atoms with Gasteiger partial charge in [0.1, 0.15) is 5.60 Å². The topological polar surface area (TPSA) is 103 Å². The van der Waals surface area contributed by atoms with Crippen molar-refractivity contribution in [3.8, 4) is 0 Å². The van der Waals surface area contributed by atoms with E-state index in [0.29, 0.717) is 31.1 Å². The van der Waals surface area contributed by atoms with E-state index < -0.39 is 11.7 Å². The summed E-state index contributed by atoms with van der Waals surface area (Å²) in [5, 5.41) is 6.67. The Morgan fingerprint density at radius 2 is 2.16 bits per heavy atom. The molecule has 1 aromatic heterocycles. The van der Waals surface area contributed by atoms with E-state index in [-0.39, 0.29) is 6.04 Å². The standard InChI is InChI=1S/C18H30N4O3/c1-6-13(7-2)12-15-21-16(25-22-15)14(19)10-8-9-11-20-17(23)24-18(3,4)5/h6-7,14H,1,8-12,19H2,2-5H3,(H,20,23)/b13-7+. The zero-order valence-electron chi connectivity index (χ0n) is 15.7. The van der Waals surface area contributed by atoms with Crippen LogP contribution < -0.4 is 11.1 Å².